The van der Waals surface area contributed by atoms with E-state index in [1.54, 1.807) is 4.68 Å². The third kappa shape index (κ3) is 4.44. The summed E-state index contributed by atoms with van der Waals surface area (Å²) in [6, 6.07) is 20.0. The van der Waals surface area contributed by atoms with Gasteiger partial charge < -0.3 is 11.1 Å². The number of nitrogen functional groups attached to an aromatic ring is 1. The zero-order valence-corrected chi connectivity index (χ0v) is 20.6. The molecule has 0 bridgehead atoms. The van der Waals surface area contributed by atoms with E-state index in [2.05, 4.69) is 22.6 Å². The highest BCUT2D eigenvalue weighted by Gasteiger charge is 2.21. The lowest BCUT2D eigenvalue weighted by molar-refractivity contribution is 0.600. The largest absolute Gasteiger partial charge is 0.398 e. The van der Waals surface area contributed by atoms with Gasteiger partial charge in [0.15, 0.2) is 0 Å². The third-order valence-corrected chi connectivity index (χ3v) is 6.16. The van der Waals surface area contributed by atoms with E-state index in [1.165, 1.54) is 11.1 Å². The zero-order valence-electron chi connectivity index (χ0n) is 18.3. The number of nitrogens with zero attached hydrogens (tertiary/aromatic N) is 3. The van der Waals surface area contributed by atoms with E-state index in [0.29, 0.717) is 22.5 Å². The Kier molecular flexibility index (Phi) is 6.38. The van der Waals surface area contributed by atoms with E-state index in [-0.39, 0.29) is 32.9 Å². The topological polar surface area (TPSA) is 104 Å². The van der Waals surface area contributed by atoms with Gasteiger partial charge >= 0.3 is 0 Å². The summed E-state index contributed by atoms with van der Waals surface area (Å²) in [5.41, 5.74) is 13.7. The van der Waals surface area contributed by atoms with Crippen LogP contribution in [0.3, 0.4) is 0 Å². The van der Waals surface area contributed by atoms with Crippen molar-refractivity contribution in [2.45, 2.75) is 25.3 Å². The molecule has 0 saturated carbocycles. The molecule has 4 aromatic rings. The highest BCUT2D eigenvalue weighted by molar-refractivity contribution is 14.0. The number of benzene rings is 3. The van der Waals surface area contributed by atoms with Crippen LogP contribution < -0.4 is 11.1 Å². The van der Waals surface area contributed by atoms with Crippen molar-refractivity contribution in [2.75, 3.05) is 11.1 Å². The summed E-state index contributed by atoms with van der Waals surface area (Å²) >= 11 is 0. The predicted molar refractivity (Wildman–Crippen MR) is 148 cm³/mol. The van der Waals surface area contributed by atoms with Crippen molar-refractivity contribution in [1.82, 2.24) is 9.78 Å². The van der Waals surface area contributed by atoms with Gasteiger partial charge in [-0.05, 0) is 66.8 Å². The van der Waals surface area contributed by atoms with Crippen molar-refractivity contribution in [3.05, 3.63) is 88.6 Å². The highest BCUT2D eigenvalue weighted by Crippen LogP contribution is 2.34. The number of halogens is 1. The molecule has 0 aliphatic heterocycles. The number of nitriles is 1. The molecule has 1 aromatic heterocycles. The van der Waals surface area contributed by atoms with Gasteiger partial charge in [-0.2, -0.15) is 10.4 Å². The zero-order chi connectivity index (χ0) is 22.2. The summed E-state index contributed by atoms with van der Waals surface area (Å²) < 4.78 is 1.78. The van der Waals surface area contributed by atoms with Gasteiger partial charge in [-0.3, -0.25) is 10.1 Å². The Balaban J connectivity index is 0.00000144. The molecule has 0 amide bonds. The number of nitrogens with two attached hydrogens (primary N) is 1. The first kappa shape index (κ1) is 22.8. The predicted octanol–water partition coefficient (Wildman–Crippen LogP) is 6.04. The van der Waals surface area contributed by atoms with Crippen molar-refractivity contribution < 1.29 is 2.85 Å². The molecule has 1 atom stereocenters. The maximum atomic E-state index is 9.20. The average molecular weight is 552 g/mol. The maximum Gasteiger partial charge on any atom is 0.0991 e. The molecule has 1 aliphatic carbocycles. The van der Waals surface area contributed by atoms with E-state index < -0.39 is 0 Å². The lowest BCUT2D eigenvalue weighted by Gasteiger charge is -2.27. The monoisotopic (exact) mass is 552 g/mol. The lowest BCUT2D eigenvalue weighted by atomic mass is 9.86. The normalized spacial score (nSPS) is 14.7. The molecule has 3 aromatic carbocycles. The van der Waals surface area contributed by atoms with Crippen molar-refractivity contribution >= 4 is 52.0 Å². The lowest BCUT2D eigenvalue weighted by Crippen LogP contribution is -2.18. The Morgan fingerprint density at radius 1 is 1.21 bits per heavy atom. The quantitative estimate of drug-likeness (QED) is 0.163. The van der Waals surface area contributed by atoms with Crippen LogP contribution >= 0.6 is 24.0 Å². The molecule has 4 N–H and O–H groups in total. The van der Waals surface area contributed by atoms with Gasteiger partial charge in [-0.25, -0.2) is 0 Å². The standard InChI is InChI=1S/C26H24N6.HI.2H2/c1-32-15-19-7-6-18(12-25(19)31-32)26(29)22-13-20(8-10-23(22)28)30-24-4-2-3-17-11-16(14-27)5-9-21(17)24;;;/h5-13,15,24,29-30H,2-4,28H2,1H3;3*1H/t24-;;;/m0.../s1. The second kappa shape index (κ2) is 9.24. The van der Waals surface area contributed by atoms with Gasteiger partial charge in [0.25, 0.3) is 0 Å². The van der Waals surface area contributed by atoms with Crippen molar-refractivity contribution in [2.24, 2.45) is 7.05 Å². The number of aryl methyl sites for hydroxylation is 2. The second-order valence-corrected chi connectivity index (χ2v) is 8.37. The number of rotatable bonds is 4. The van der Waals surface area contributed by atoms with E-state index in [0.717, 1.165) is 41.4 Å². The number of fused-ring (bicyclic) bond motifs is 2. The first-order valence-electron chi connectivity index (χ1n) is 10.7. The molecule has 7 heteroatoms. The number of hydrogen-bond donors (Lipinski definition) is 3. The van der Waals surface area contributed by atoms with Gasteiger partial charge in [-0.15, -0.1) is 24.0 Å². The van der Waals surface area contributed by atoms with E-state index in [1.807, 2.05) is 61.8 Å². The van der Waals surface area contributed by atoms with E-state index in [4.69, 9.17) is 11.1 Å². The summed E-state index contributed by atoms with van der Waals surface area (Å²) in [5.74, 6) is 0. The van der Waals surface area contributed by atoms with Crippen LogP contribution in [0.5, 0.6) is 0 Å². The molecule has 6 nitrogen and oxygen atoms in total. The number of anilines is 2. The minimum Gasteiger partial charge on any atom is -0.398 e. The van der Waals surface area contributed by atoms with Crippen LogP contribution in [0.4, 0.5) is 11.4 Å². The Labute approximate surface area is 212 Å². The first-order chi connectivity index (χ1) is 15.5. The number of hydrogen-bond acceptors (Lipinski definition) is 5. The fourth-order valence-electron chi connectivity index (χ4n) is 4.55. The maximum absolute atomic E-state index is 9.20. The second-order valence-electron chi connectivity index (χ2n) is 8.37. The Morgan fingerprint density at radius 3 is 2.88 bits per heavy atom. The Hall–Kier alpha value is -3.38. The third-order valence-electron chi connectivity index (χ3n) is 6.16. The summed E-state index contributed by atoms with van der Waals surface area (Å²) in [6.45, 7) is 0. The minimum atomic E-state index is 0. The van der Waals surface area contributed by atoms with Crippen molar-refractivity contribution in [3.8, 4) is 6.07 Å². The molecular weight excluding hydrogens is 523 g/mol. The molecular formula is C26H29IN6. The summed E-state index contributed by atoms with van der Waals surface area (Å²) in [6.07, 6.45) is 5.05. The van der Waals surface area contributed by atoms with Crippen molar-refractivity contribution in [3.63, 3.8) is 0 Å². The Bertz CT molecular complexity index is 1410. The molecule has 1 heterocycles. The van der Waals surface area contributed by atoms with Crippen molar-refractivity contribution in [1.29, 1.82) is 10.7 Å². The van der Waals surface area contributed by atoms with Crippen LogP contribution in [0.2, 0.25) is 0 Å². The molecule has 1 aliphatic rings. The molecule has 170 valence electrons. The summed E-state index contributed by atoms with van der Waals surface area (Å²) in [4.78, 5) is 0. The van der Waals surface area contributed by atoms with Gasteiger partial charge in [0.1, 0.15) is 0 Å². The van der Waals surface area contributed by atoms with Crippen LogP contribution in [-0.4, -0.2) is 15.5 Å². The number of aromatic nitrogens is 2. The fraction of sp³-hybridized carbons (Fsp3) is 0.192. The Morgan fingerprint density at radius 2 is 2.06 bits per heavy atom. The molecule has 0 unspecified atom stereocenters. The molecule has 0 spiro atoms. The van der Waals surface area contributed by atoms with Gasteiger partial charge in [-0.1, -0.05) is 18.2 Å². The smallest absolute Gasteiger partial charge is 0.0991 e. The molecule has 0 fully saturated rings. The SMILES string of the molecule is Cn1cc2ccc(C(=N)c3cc(N[C@H]4CCCc5cc(C#N)ccc54)ccc3N)cc2n1.I.[HH].[HH]. The van der Waals surface area contributed by atoms with Gasteiger partial charge in [0, 0.05) is 44.0 Å². The molecule has 5 rings (SSSR count). The fourth-order valence-corrected chi connectivity index (χ4v) is 4.55. The molecule has 0 radical (unpaired) electrons. The van der Waals surface area contributed by atoms with Crippen LogP contribution in [0.1, 0.15) is 49.6 Å². The van der Waals surface area contributed by atoms with E-state index in [9.17, 15) is 5.26 Å². The molecule has 33 heavy (non-hydrogen) atoms. The van der Waals surface area contributed by atoms with Crippen LogP contribution in [0.25, 0.3) is 10.9 Å². The van der Waals surface area contributed by atoms with E-state index >= 15 is 0 Å². The van der Waals surface area contributed by atoms with Crippen LogP contribution in [-0.2, 0) is 13.5 Å². The van der Waals surface area contributed by atoms with Crippen LogP contribution in [0.15, 0.2) is 60.8 Å². The highest BCUT2D eigenvalue weighted by atomic mass is 127. The summed E-state index contributed by atoms with van der Waals surface area (Å²) in [5, 5.41) is 27.1. The molecule has 0 saturated heterocycles. The minimum absolute atomic E-state index is 0. The average Bonchev–Trinajstić information content (AvgIpc) is 3.18. The first-order valence-corrected chi connectivity index (χ1v) is 10.7. The summed E-state index contributed by atoms with van der Waals surface area (Å²) in [7, 11) is 1.89. The van der Waals surface area contributed by atoms with Gasteiger partial charge in [0.2, 0.25) is 0 Å². The number of nitrogens with one attached hydrogen (secondary N) is 2. The van der Waals surface area contributed by atoms with Gasteiger partial charge in [0.05, 0.1) is 28.9 Å². The van der Waals surface area contributed by atoms with Crippen LogP contribution in [0, 0.1) is 16.7 Å².